The minimum absolute atomic E-state index is 0.0234. The van der Waals surface area contributed by atoms with Crippen LogP contribution in [0, 0.1) is 0 Å². The number of hydrogen-bond donors (Lipinski definition) is 1. The van der Waals surface area contributed by atoms with Gasteiger partial charge in [0.25, 0.3) is 0 Å². The third kappa shape index (κ3) is 2.77. The van der Waals surface area contributed by atoms with Gasteiger partial charge in [-0.25, -0.2) is 0 Å². The van der Waals surface area contributed by atoms with Crippen molar-refractivity contribution in [3.8, 4) is 0 Å². The van der Waals surface area contributed by atoms with E-state index >= 15 is 0 Å². The van der Waals surface area contributed by atoms with Gasteiger partial charge in [-0.15, -0.1) is 11.8 Å². The first kappa shape index (κ1) is 10.1. The number of nitrogens with two attached hydrogens (primary N) is 1. The summed E-state index contributed by atoms with van der Waals surface area (Å²) >= 11 is 1.50. The van der Waals surface area contributed by atoms with Crippen molar-refractivity contribution in [2.24, 2.45) is 0 Å². The third-order valence-electron chi connectivity index (χ3n) is 1.80. The van der Waals surface area contributed by atoms with Gasteiger partial charge < -0.3 is 5.73 Å². The minimum atomic E-state index is -0.0234. The van der Waals surface area contributed by atoms with Crippen LogP contribution in [0.5, 0.6) is 0 Å². The summed E-state index contributed by atoms with van der Waals surface area (Å²) < 4.78 is 0. The lowest BCUT2D eigenvalue weighted by Crippen LogP contribution is -2.08. The normalized spacial score (nSPS) is 12.5. The second-order valence-electron chi connectivity index (χ2n) is 2.91. The molecule has 3 heteroatoms. The molecule has 0 heterocycles. The summed E-state index contributed by atoms with van der Waals surface area (Å²) in [5.74, 6) is 0.174. The smallest absolute Gasteiger partial charge is 0.142 e. The molecule has 70 valence electrons. The van der Waals surface area contributed by atoms with Gasteiger partial charge in [0.1, 0.15) is 5.78 Å². The maximum Gasteiger partial charge on any atom is 0.142 e. The van der Waals surface area contributed by atoms with E-state index in [0.29, 0.717) is 0 Å². The summed E-state index contributed by atoms with van der Waals surface area (Å²) in [5, 5.41) is -0.0234. The molecule has 0 fully saturated rings. The fourth-order valence-corrected chi connectivity index (χ4v) is 1.77. The van der Waals surface area contributed by atoms with Crippen LogP contribution in [0.2, 0.25) is 0 Å². The lowest BCUT2D eigenvalue weighted by atomic mass is 10.3. The fourth-order valence-electron chi connectivity index (χ4n) is 0.861. The van der Waals surface area contributed by atoms with Gasteiger partial charge in [-0.3, -0.25) is 4.79 Å². The third-order valence-corrected chi connectivity index (χ3v) is 3.11. The Morgan fingerprint density at radius 1 is 1.46 bits per heavy atom. The molecular weight excluding hydrogens is 182 g/mol. The van der Waals surface area contributed by atoms with Crippen molar-refractivity contribution in [1.82, 2.24) is 0 Å². The Labute approximate surface area is 82.5 Å². The number of rotatable bonds is 3. The molecule has 0 saturated carbocycles. The van der Waals surface area contributed by atoms with E-state index in [4.69, 9.17) is 5.73 Å². The van der Waals surface area contributed by atoms with E-state index in [0.717, 1.165) is 10.6 Å². The van der Waals surface area contributed by atoms with Crippen LogP contribution in [0.1, 0.15) is 13.8 Å². The number of para-hydroxylation sites is 1. The number of ketones is 1. The Morgan fingerprint density at radius 2 is 2.08 bits per heavy atom. The standard InChI is InChI=1S/C10H13NOS/c1-7(12)8(2)13-10-6-4-3-5-9(10)11/h3-6,8H,11H2,1-2H3. The van der Waals surface area contributed by atoms with Gasteiger partial charge in [-0.05, 0) is 26.0 Å². The van der Waals surface area contributed by atoms with Crippen molar-refractivity contribution < 1.29 is 4.79 Å². The quantitative estimate of drug-likeness (QED) is 0.594. The molecule has 0 amide bonds. The Balaban J connectivity index is 2.74. The first-order chi connectivity index (χ1) is 6.11. The van der Waals surface area contributed by atoms with Crippen LogP contribution in [0.25, 0.3) is 0 Å². The largest absolute Gasteiger partial charge is 0.398 e. The molecule has 0 radical (unpaired) electrons. The predicted molar refractivity (Wildman–Crippen MR) is 56.9 cm³/mol. The number of carbonyl (C=O) groups excluding carboxylic acids is 1. The van der Waals surface area contributed by atoms with E-state index in [1.54, 1.807) is 6.92 Å². The zero-order valence-corrected chi connectivity index (χ0v) is 8.60. The number of nitrogen functional groups attached to an aromatic ring is 1. The lowest BCUT2D eigenvalue weighted by Gasteiger charge is -2.08. The number of thioether (sulfide) groups is 1. The number of anilines is 1. The molecule has 0 saturated heterocycles. The van der Waals surface area contributed by atoms with Gasteiger partial charge in [0.15, 0.2) is 0 Å². The average molecular weight is 195 g/mol. The second-order valence-corrected chi connectivity index (χ2v) is 4.29. The highest BCUT2D eigenvalue weighted by Gasteiger charge is 2.10. The van der Waals surface area contributed by atoms with Crippen LogP contribution < -0.4 is 5.73 Å². The van der Waals surface area contributed by atoms with E-state index in [2.05, 4.69) is 0 Å². The van der Waals surface area contributed by atoms with Crippen molar-refractivity contribution >= 4 is 23.2 Å². The summed E-state index contributed by atoms with van der Waals surface area (Å²) in [4.78, 5) is 12.0. The first-order valence-electron chi connectivity index (χ1n) is 4.13. The summed E-state index contributed by atoms with van der Waals surface area (Å²) in [5.41, 5.74) is 6.47. The molecule has 0 spiro atoms. The van der Waals surface area contributed by atoms with Crippen LogP contribution in [0.4, 0.5) is 5.69 Å². The molecule has 1 unspecified atom stereocenters. The van der Waals surface area contributed by atoms with E-state index < -0.39 is 0 Å². The SMILES string of the molecule is CC(=O)C(C)Sc1ccccc1N. The van der Waals surface area contributed by atoms with Crippen molar-refractivity contribution in [1.29, 1.82) is 0 Å². The molecule has 0 aliphatic heterocycles. The zero-order valence-electron chi connectivity index (χ0n) is 7.78. The Hall–Kier alpha value is -0.960. The average Bonchev–Trinajstić information content (AvgIpc) is 2.08. The molecule has 13 heavy (non-hydrogen) atoms. The molecule has 1 atom stereocenters. The topological polar surface area (TPSA) is 43.1 Å². The number of hydrogen-bond acceptors (Lipinski definition) is 3. The van der Waals surface area contributed by atoms with Crippen molar-refractivity contribution in [3.05, 3.63) is 24.3 Å². The van der Waals surface area contributed by atoms with Crippen LogP contribution in [-0.4, -0.2) is 11.0 Å². The highest BCUT2D eigenvalue weighted by molar-refractivity contribution is 8.00. The highest BCUT2D eigenvalue weighted by atomic mass is 32.2. The summed E-state index contributed by atoms with van der Waals surface area (Å²) in [7, 11) is 0. The fraction of sp³-hybridized carbons (Fsp3) is 0.300. The molecule has 0 aliphatic rings. The molecule has 1 aromatic rings. The van der Waals surface area contributed by atoms with Gasteiger partial charge in [0.05, 0.1) is 5.25 Å². The molecule has 0 aromatic heterocycles. The number of carbonyl (C=O) groups is 1. The number of Topliss-reactive ketones (excluding diaryl/α,β-unsaturated/α-hetero) is 1. The second kappa shape index (κ2) is 4.33. The van der Waals surface area contributed by atoms with Crippen LogP contribution in [0.3, 0.4) is 0 Å². The van der Waals surface area contributed by atoms with Crippen molar-refractivity contribution in [3.63, 3.8) is 0 Å². The molecular formula is C10H13NOS. The summed E-state index contributed by atoms with van der Waals surface area (Å²) in [6.45, 7) is 3.48. The lowest BCUT2D eigenvalue weighted by molar-refractivity contribution is -0.116. The maximum atomic E-state index is 11.0. The molecule has 2 nitrogen and oxygen atoms in total. The van der Waals surface area contributed by atoms with Gasteiger partial charge in [0, 0.05) is 10.6 Å². The van der Waals surface area contributed by atoms with E-state index in [1.165, 1.54) is 11.8 Å². The Bertz CT molecular complexity index is 312. The molecule has 1 aromatic carbocycles. The maximum absolute atomic E-state index is 11.0. The predicted octanol–water partition coefficient (Wildman–Crippen LogP) is 2.34. The van der Waals surface area contributed by atoms with Crippen LogP contribution in [0.15, 0.2) is 29.2 Å². The molecule has 1 rings (SSSR count). The molecule has 2 N–H and O–H groups in total. The van der Waals surface area contributed by atoms with Crippen molar-refractivity contribution in [2.45, 2.75) is 24.0 Å². The molecule has 0 bridgehead atoms. The molecule has 0 aliphatic carbocycles. The Morgan fingerprint density at radius 3 is 2.62 bits per heavy atom. The zero-order chi connectivity index (χ0) is 9.84. The van der Waals surface area contributed by atoms with Crippen LogP contribution in [-0.2, 0) is 4.79 Å². The van der Waals surface area contributed by atoms with E-state index in [-0.39, 0.29) is 11.0 Å². The van der Waals surface area contributed by atoms with E-state index in [9.17, 15) is 4.79 Å². The monoisotopic (exact) mass is 195 g/mol. The van der Waals surface area contributed by atoms with Crippen LogP contribution >= 0.6 is 11.8 Å². The van der Waals surface area contributed by atoms with Crippen molar-refractivity contribution in [2.75, 3.05) is 5.73 Å². The van der Waals surface area contributed by atoms with Gasteiger partial charge in [-0.2, -0.15) is 0 Å². The summed E-state index contributed by atoms with van der Waals surface area (Å²) in [6.07, 6.45) is 0. The van der Waals surface area contributed by atoms with E-state index in [1.807, 2.05) is 31.2 Å². The van der Waals surface area contributed by atoms with Gasteiger partial charge >= 0.3 is 0 Å². The summed E-state index contributed by atoms with van der Waals surface area (Å²) in [6, 6.07) is 7.58. The minimum Gasteiger partial charge on any atom is -0.398 e. The first-order valence-corrected chi connectivity index (χ1v) is 5.01. The van der Waals surface area contributed by atoms with Gasteiger partial charge in [-0.1, -0.05) is 12.1 Å². The highest BCUT2D eigenvalue weighted by Crippen LogP contribution is 2.28. The Kier molecular flexibility index (Phi) is 3.37. The number of benzene rings is 1. The van der Waals surface area contributed by atoms with Gasteiger partial charge in [0.2, 0.25) is 0 Å².